The van der Waals surface area contributed by atoms with Crippen LogP contribution in [0, 0.1) is 0 Å². The van der Waals surface area contributed by atoms with Crippen LogP contribution in [0.4, 0.5) is 0 Å². The smallest absolute Gasteiger partial charge is 0.199 e. The van der Waals surface area contributed by atoms with Crippen LogP contribution in [0.1, 0.15) is 18.7 Å². The fourth-order valence-electron chi connectivity index (χ4n) is 1.86. The second kappa shape index (κ2) is 6.87. The van der Waals surface area contributed by atoms with Gasteiger partial charge in [-0.05, 0) is 24.1 Å². The molecule has 1 aromatic rings. The monoisotopic (exact) mass is 285 g/mol. The normalized spacial score (nSPS) is 19.3. The molecule has 1 aromatic carbocycles. The Kier molecular flexibility index (Phi) is 4.91. The number of benzene rings is 1. The average Bonchev–Trinajstić information content (AvgIpc) is 2.47. The molecule has 1 aliphatic rings. The van der Waals surface area contributed by atoms with Gasteiger partial charge in [0.1, 0.15) is 5.84 Å². The Hall–Kier alpha value is -2.13. The number of nitrogens with zero attached hydrogens (tertiary/aromatic N) is 2. The Bertz CT molecular complexity index is 597. The molecule has 0 spiro atoms. The maximum absolute atomic E-state index is 6.08. The third-order valence-electron chi connectivity index (χ3n) is 2.72. The van der Waals surface area contributed by atoms with Crippen molar-refractivity contribution in [2.75, 3.05) is 0 Å². The maximum Gasteiger partial charge on any atom is 0.199 e. The minimum atomic E-state index is -0.321. The molecule has 1 heterocycles. The zero-order valence-electron chi connectivity index (χ0n) is 11.3. The van der Waals surface area contributed by atoms with Crippen LogP contribution in [0.5, 0.6) is 0 Å². The van der Waals surface area contributed by atoms with Crippen LogP contribution in [0.25, 0.3) is 0 Å². The zero-order valence-corrected chi connectivity index (χ0v) is 12.0. The Morgan fingerprint density at radius 3 is 2.70 bits per heavy atom. The first-order chi connectivity index (χ1) is 9.74. The number of nitrogens with one attached hydrogen (secondary N) is 1. The lowest BCUT2D eigenvalue weighted by Crippen LogP contribution is -2.32. The van der Waals surface area contributed by atoms with Crippen LogP contribution in [0.3, 0.4) is 0 Å². The van der Waals surface area contributed by atoms with E-state index in [0.717, 1.165) is 11.1 Å². The van der Waals surface area contributed by atoms with Crippen molar-refractivity contribution < 1.29 is 0 Å². The highest BCUT2D eigenvalue weighted by atomic mass is 35.5. The van der Waals surface area contributed by atoms with Crippen LogP contribution >= 0.6 is 11.6 Å². The van der Waals surface area contributed by atoms with E-state index in [-0.39, 0.29) is 6.17 Å². The summed E-state index contributed by atoms with van der Waals surface area (Å²) in [6.45, 7) is 5.67. The SMILES string of the molecule is C=C/C=C(\C=C/C)C1=NC(c2ccccc2)N=C(Cl)N1. The quantitative estimate of drug-likeness (QED) is 0.659. The van der Waals surface area contributed by atoms with Gasteiger partial charge in [0.2, 0.25) is 0 Å². The summed E-state index contributed by atoms with van der Waals surface area (Å²) in [6.07, 6.45) is 7.17. The lowest BCUT2D eigenvalue weighted by molar-refractivity contribution is 0.760. The third kappa shape index (κ3) is 3.45. The fourth-order valence-corrected chi connectivity index (χ4v) is 2.04. The molecule has 0 aliphatic carbocycles. The predicted molar refractivity (Wildman–Crippen MR) is 86.1 cm³/mol. The first-order valence-electron chi connectivity index (χ1n) is 6.33. The lowest BCUT2D eigenvalue weighted by atomic mass is 10.1. The second-order valence-electron chi connectivity index (χ2n) is 4.16. The summed E-state index contributed by atoms with van der Waals surface area (Å²) in [4.78, 5) is 8.92. The van der Waals surface area contributed by atoms with Crippen molar-refractivity contribution in [2.24, 2.45) is 9.98 Å². The van der Waals surface area contributed by atoms with Crippen molar-refractivity contribution in [3.8, 4) is 0 Å². The van der Waals surface area contributed by atoms with Gasteiger partial charge < -0.3 is 5.32 Å². The number of hydrogen-bond donors (Lipinski definition) is 1. The van der Waals surface area contributed by atoms with Gasteiger partial charge in [-0.1, -0.05) is 61.2 Å². The van der Waals surface area contributed by atoms with Crippen LogP contribution in [0.2, 0.25) is 0 Å². The van der Waals surface area contributed by atoms with E-state index >= 15 is 0 Å². The summed E-state index contributed by atoms with van der Waals surface area (Å²) < 4.78 is 0. The maximum atomic E-state index is 6.08. The molecule has 0 amide bonds. The highest BCUT2D eigenvalue weighted by molar-refractivity contribution is 6.66. The molecular formula is C16H16ClN3. The Labute approximate surface area is 124 Å². The second-order valence-corrected chi connectivity index (χ2v) is 4.52. The van der Waals surface area contributed by atoms with Crippen LogP contribution in [-0.2, 0) is 0 Å². The molecular weight excluding hydrogens is 270 g/mol. The van der Waals surface area contributed by atoms with E-state index in [1.165, 1.54) is 0 Å². The molecule has 1 atom stereocenters. The van der Waals surface area contributed by atoms with Gasteiger partial charge in [-0.2, -0.15) is 0 Å². The van der Waals surface area contributed by atoms with E-state index < -0.39 is 0 Å². The van der Waals surface area contributed by atoms with Gasteiger partial charge in [0, 0.05) is 5.57 Å². The number of hydrogen-bond acceptors (Lipinski definition) is 3. The fraction of sp³-hybridized carbons (Fsp3) is 0.125. The van der Waals surface area contributed by atoms with E-state index in [1.807, 2.05) is 55.5 Å². The summed E-state index contributed by atoms with van der Waals surface area (Å²) in [7, 11) is 0. The number of amidine groups is 2. The molecule has 1 N–H and O–H groups in total. The van der Waals surface area contributed by atoms with E-state index in [9.17, 15) is 0 Å². The van der Waals surface area contributed by atoms with E-state index in [2.05, 4.69) is 21.9 Å². The Morgan fingerprint density at radius 1 is 1.30 bits per heavy atom. The Morgan fingerprint density at radius 2 is 2.05 bits per heavy atom. The molecule has 1 unspecified atom stereocenters. The van der Waals surface area contributed by atoms with Crippen molar-refractivity contribution in [3.63, 3.8) is 0 Å². The summed E-state index contributed by atoms with van der Waals surface area (Å²) in [6, 6.07) is 9.85. The first-order valence-corrected chi connectivity index (χ1v) is 6.71. The lowest BCUT2D eigenvalue weighted by Gasteiger charge is -2.19. The molecule has 20 heavy (non-hydrogen) atoms. The third-order valence-corrected chi connectivity index (χ3v) is 2.92. The van der Waals surface area contributed by atoms with Crippen molar-refractivity contribution in [1.82, 2.24) is 5.32 Å². The molecule has 4 heteroatoms. The van der Waals surface area contributed by atoms with Crippen molar-refractivity contribution in [2.45, 2.75) is 13.1 Å². The van der Waals surface area contributed by atoms with E-state index in [0.29, 0.717) is 11.1 Å². The van der Waals surface area contributed by atoms with Crippen LogP contribution in [0.15, 0.2) is 76.8 Å². The molecule has 0 fully saturated rings. The van der Waals surface area contributed by atoms with Gasteiger partial charge >= 0.3 is 0 Å². The van der Waals surface area contributed by atoms with Gasteiger partial charge in [-0.15, -0.1) is 0 Å². The minimum Gasteiger partial charge on any atom is -0.315 e. The molecule has 3 nitrogen and oxygen atoms in total. The van der Waals surface area contributed by atoms with Gasteiger partial charge in [-0.25, -0.2) is 9.98 Å². The van der Waals surface area contributed by atoms with Crippen molar-refractivity contribution in [1.29, 1.82) is 0 Å². The summed E-state index contributed by atoms with van der Waals surface area (Å²) in [5.74, 6) is 0.692. The molecule has 0 saturated heterocycles. The average molecular weight is 286 g/mol. The summed E-state index contributed by atoms with van der Waals surface area (Å²) >= 11 is 6.08. The summed E-state index contributed by atoms with van der Waals surface area (Å²) in [5, 5.41) is 3.32. The molecule has 1 aliphatic heterocycles. The highest BCUT2D eigenvalue weighted by Gasteiger charge is 2.18. The van der Waals surface area contributed by atoms with Crippen molar-refractivity contribution >= 4 is 22.7 Å². The molecule has 0 radical (unpaired) electrons. The molecule has 0 bridgehead atoms. The number of aliphatic imine (C=N–C) groups is 2. The number of halogens is 1. The molecule has 2 rings (SSSR count). The Balaban J connectivity index is 2.38. The van der Waals surface area contributed by atoms with Crippen molar-refractivity contribution in [3.05, 3.63) is 72.4 Å². The zero-order chi connectivity index (χ0) is 14.4. The van der Waals surface area contributed by atoms with Crippen LogP contribution in [-0.4, -0.2) is 11.1 Å². The topological polar surface area (TPSA) is 36.8 Å². The molecule has 0 saturated carbocycles. The van der Waals surface area contributed by atoms with Crippen LogP contribution < -0.4 is 5.32 Å². The molecule has 102 valence electrons. The largest absolute Gasteiger partial charge is 0.315 e. The van der Waals surface area contributed by atoms with E-state index in [4.69, 9.17) is 11.6 Å². The first kappa shape index (κ1) is 14.3. The predicted octanol–water partition coefficient (Wildman–Crippen LogP) is 3.97. The van der Waals surface area contributed by atoms with Gasteiger partial charge in [0.05, 0.1) is 0 Å². The van der Waals surface area contributed by atoms with Gasteiger partial charge in [0.15, 0.2) is 11.5 Å². The molecule has 0 aromatic heterocycles. The van der Waals surface area contributed by atoms with Gasteiger partial charge in [0.25, 0.3) is 0 Å². The van der Waals surface area contributed by atoms with E-state index in [1.54, 1.807) is 6.08 Å². The number of allylic oxidation sites excluding steroid dienone is 3. The highest BCUT2D eigenvalue weighted by Crippen LogP contribution is 2.23. The summed E-state index contributed by atoms with van der Waals surface area (Å²) in [5.41, 5.74) is 1.92. The standard InChI is InChI=1S/C16H16ClN3/c1-3-8-12(9-4-2)14-18-15(20-16(17)19-14)13-10-6-5-7-11-13/h3-11,15H,1H2,2H3,(H,18,19,20)/b9-4-,12-8+. The van der Waals surface area contributed by atoms with Gasteiger partial charge in [-0.3, -0.25) is 0 Å². The number of rotatable bonds is 4. The minimum absolute atomic E-state index is 0.321.